The minimum Gasteiger partial charge on any atom is -0.323 e. The van der Waals surface area contributed by atoms with Gasteiger partial charge in [-0.2, -0.15) is 0 Å². The summed E-state index contributed by atoms with van der Waals surface area (Å²) >= 11 is 0. The van der Waals surface area contributed by atoms with Gasteiger partial charge in [0, 0.05) is 13.1 Å². The van der Waals surface area contributed by atoms with Crippen molar-refractivity contribution < 1.29 is 9.59 Å². The summed E-state index contributed by atoms with van der Waals surface area (Å²) in [5.74, 6) is -0.0298. The van der Waals surface area contributed by atoms with Crippen molar-refractivity contribution in [2.24, 2.45) is 0 Å². The van der Waals surface area contributed by atoms with Gasteiger partial charge in [-0.25, -0.2) is 9.69 Å². The largest absolute Gasteiger partial charge is 0.326 e. The van der Waals surface area contributed by atoms with Gasteiger partial charge in [0.1, 0.15) is 5.54 Å². The minimum absolute atomic E-state index is 0.0298. The number of nitrogens with one attached hydrogen (secondary N) is 1. The Morgan fingerprint density at radius 2 is 1.71 bits per heavy atom. The predicted molar refractivity (Wildman–Crippen MR) is 81.9 cm³/mol. The minimum atomic E-state index is -0.645. The topological polar surface area (TPSA) is 55.9 Å². The van der Waals surface area contributed by atoms with Crippen LogP contribution in [0.3, 0.4) is 0 Å². The standard InChI is InChI=1S/C15H28N4O2/c1-4-8-18(9-5-2)12-19-13(20)15(16-14(19)21)6-10-17(3)11-7-15/h4-12H2,1-3H3,(H,16,21). The molecule has 0 aliphatic carbocycles. The van der Waals surface area contributed by atoms with Crippen molar-refractivity contribution in [2.75, 3.05) is 39.9 Å². The quantitative estimate of drug-likeness (QED) is 0.745. The van der Waals surface area contributed by atoms with Crippen molar-refractivity contribution in [3.05, 3.63) is 0 Å². The van der Waals surface area contributed by atoms with Gasteiger partial charge in [-0.3, -0.25) is 9.69 Å². The molecule has 0 radical (unpaired) electrons. The first-order valence-electron chi connectivity index (χ1n) is 8.07. The Bertz CT molecular complexity index is 385. The van der Waals surface area contributed by atoms with E-state index in [1.54, 1.807) is 0 Å². The predicted octanol–water partition coefficient (Wildman–Crippen LogP) is 1.08. The summed E-state index contributed by atoms with van der Waals surface area (Å²) in [5, 5.41) is 2.96. The van der Waals surface area contributed by atoms with Crippen LogP contribution in [0.5, 0.6) is 0 Å². The summed E-state index contributed by atoms with van der Waals surface area (Å²) in [6.07, 6.45) is 3.48. The molecular formula is C15H28N4O2. The fourth-order valence-corrected chi connectivity index (χ4v) is 3.23. The molecule has 6 nitrogen and oxygen atoms in total. The number of imide groups is 1. The number of hydrogen-bond donors (Lipinski definition) is 1. The molecule has 1 N–H and O–H groups in total. The van der Waals surface area contributed by atoms with Crippen LogP contribution in [0.15, 0.2) is 0 Å². The number of nitrogens with zero attached hydrogens (tertiary/aromatic N) is 3. The number of rotatable bonds is 6. The molecule has 1 spiro atoms. The Balaban J connectivity index is 2.04. The van der Waals surface area contributed by atoms with E-state index < -0.39 is 5.54 Å². The summed E-state index contributed by atoms with van der Waals surface area (Å²) in [7, 11) is 2.05. The molecule has 2 rings (SSSR count). The summed E-state index contributed by atoms with van der Waals surface area (Å²) in [6, 6.07) is -0.221. The second-order valence-electron chi connectivity index (χ2n) is 6.31. The fraction of sp³-hybridized carbons (Fsp3) is 0.867. The van der Waals surface area contributed by atoms with Crippen molar-refractivity contribution in [3.63, 3.8) is 0 Å². The second kappa shape index (κ2) is 6.75. The number of urea groups is 1. The van der Waals surface area contributed by atoms with Crippen LogP contribution in [0.25, 0.3) is 0 Å². The molecule has 2 aliphatic heterocycles. The van der Waals surface area contributed by atoms with E-state index in [1.165, 1.54) is 4.90 Å². The van der Waals surface area contributed by atoms with Gasteiger partial charge in [-0.1, -0.05) is 13.8 Å². The van der Waals surface area contributed by atoms with Gasteiger partial charge in [-0.05, 0) is 45.8 Å². The molecule has 0 saturated carbocycles. The molecular weight excluding hydrogens is 268 g/mol. The van der Waals surface area contributed by atoms with E-state index in [-0.39, 0.29) is 11.9 Å². The van der Waals surface area contributed by atoms with Crippen LogP contribution >= 0.6 is 0 Å². The van der Waals surface area contributed by atoms with Crippen LogP contribution in [0, 0.1) is 0 Å². The summed E-state index contributed by atoms with van der Waals surface area (Å²) in [5.41, 5.74) is -0.645. The molecule has 120 valence electrons. The fourth-order valence-electron chi connectivity index (χ4n) is 3.23. The number of piperidine rings is 1. The Morgan fingerprint density at radius 1 is 1.14 bits per heavy atom. The van der Waals surface area contributed by atoms with Crippen molar-refractivity contribution >= 4 is 11.9 Å². The van der Waals surface area contributed by atoms with E-state index in [4.69, 9.17) is 0 Å². The Labute approximate surface area is 127 Å². The van der Waals surface area contributed by atoms with Crippen LogP contribution in [-0.2, 0) is 4.79 Å². The summed E-state index contributed by atoms with van der Waals surface area (Å²) in [4.78, 5) is 30.8. The number of likely N-dealkylation sites (tertiary alicyclic amines) is 1. The van der Waals surface area contributed by atoms with Crippen LogP contribution in [0.4, 0.5) is 4.79 Å². The molecule has 0 unspecified atom stereocenters. The zero-order valence-corrected chi connectivity index (χ0v) is 13.5. The first kappa shape index (κ1) is 16.2. The van der Waals surface area contributed by atoms with Crippen LogP contribution in [-0.4, -0.2) is 72.1 Å². The molecule has 0 aromatic heterocycles. The molecule has 2 saturated heterocycles. The van der Waals surface area contributed by atoms with Crippen LogP contribution in [0.1, 0.15) is 39.5 Å². The van der Waals surface area contributed by atoms with E-state index >= 15 is 0 Å². The van der Waals surface area contributed by atoms with Gasteiger partial charge in [0.15, 0.2) is 0 Å². The molecule has 0 atom stereocenters. The molecule has 0 aromatic rings. The van der Waals surface area contributed by atoms with Crippen molar-refractivity contribution in [1.29, 1.82) is 0 Å². The number of carbonyl (C=O) groups excluding carboxylic acids is 2. The number of amides is 3. The van der Waals surface area contributed by atoms with Gasteiger partial charge in [0.2, 0.25) is 0 Å². The summed E-state index contributed by atoms with van der Waals surface area (Å²) in [6.45, 7) is 8.20. The van der Waals surface area contributed by atoms with E-state index in [0.717, 1.165) is 39.0 Å². The Kier molecular flexibility index (Phi) is 5.22. The maximum Gasteiger partial charge on any atom is 0.326 e. The highest BCUT2D eigenvalue weighted by Gasteiger charge is 2.52. The Hall–Kier alpha value is -1.14. The normalized spacial score (nSPS) is 22.4. The Morgan fingerprint density at radius 3 is 2.24 bits per heavy atom. The second-order valence-corrected chi connectivity index (χ2v) is 6.31. The van der Waals surface area contributed by atoms with Gasteiger partial charge >= 0.3 is 6.03 Å². The molecule has 21 heavy (non-hydrogen) atoms. The zero-order chi connectivity index (χ0) is 15.5. The average Bonchev–Trinajstić information content (AvgIpc) is 2.68. The lowest BCUT2D eigenvalue weighted by molar-refractivity contribution is -0.134. The van der Waals surface area contributed by atoms with Gasteiger partial charge in [0.05, 0.1) is 6.67 Å². The zero-order valence-electron chi connectivity index (χ0n) is 13.5. The van der Waals surface area contributed by atoms with E-state index in [9.17, 15) is 9.59 Å². The third kappa shape index (κ3) is 3.37. The highest BCUT2D eigenvalue weighted by Crippen LogP contribution is 2.29. The lowest BCUT2D eigenvalue weighted by Gasteiger charge is -2.35. The number of hydrogen-bond acceptors (Lipinski definition) is 4. The smallest absolute Gasteiger partial charge is 0.323 e. The molecule has 0 bridgehead atoms. The maximum absolute atomic E-state index is 12.7. The lowest BCUT2D eigenvalue weighted by Crippen LogP contribution is -2.54. The lowest BCUT2D eigenvalue weighted by atomic mass is 9.88. The van der Waals surface area contributed by atoms with Crippen molar-refractivity contribution in [3.8, 4) is 0 Å². The molecule has 2 fully saturated rings. The third-order valence-electron chi connectivity index (χ3n) is 4.51. The van der Waals surface area contributed by atoms with Gasteiger partial charge in [-0.15, -0.1) is 0 Å². The van der Waals surface area contributed by atoms with Gasteiger partial charge in [0.25, 0.3) is 5.91 Å². The molecule has 6 heteroatoms. The monoisotopic (exact) mass is 296 g/mol. The average molecular weight is 296 g/mol. The van der Waals surface area contributed by atoms with Crippen LogP contribution in [0.2, 0.25) is 0 Å². The van der Waals surface area contributed by atoms with Gasteiger partial charge < -0.3 is 10.2 Å². The number of carbonyl (C=O) groups is 2. The first-order chi connectivity index (χ1) is 10.0. The molecule has 3 amide bonds. The molecule has 2 heterocycles. The van der Waals surface area contributed by atoms with Crippen molar-refractivity contribution in [1.82, 2.24) is 20.0 Å². The van der Waals surface area contributed by atoms with E-state index in [2.05, 4.69) is 36.0 Å². The highest BCUT2D eigenvalue weighted by atomic mass is 16.2. The molecule has 0 aromatic carbocycles. The third-order valence-corrected chi connectivity index (χ3v) is 4.51. The SMILES string of the molecule is CCCN(CCC)CN1C(=O)NC2(CCN(C)CC2)C1=O. The highest BCUT2D eigenvalue weighted by molar-refractivity contribution is 6.07. The van der Waals surface area contributed by atoms with Crippen LogP contribution < -0.4 is 5.32 Å². The first-order valence-corrected chi connectivity index (χ1v) is 8.07. The summed E-state index contributed by atoms with van der Waals surface area (Å²) < 4.78 is 0. The van der Waals surface area contributed by atoms with Crippen molar-refractivity contribution in [2.45, 2.75) is 45.1 Å². The molecule has 2 aliphatic rings. The van der Waals surface area contributed by atoms with E-state index in [1.807, 2.05) is 0 Å². The van der Waals surface area contributed by atoms with E-state index in [0.29, 0.717) is 19.5 Å². The maximum atomic E-state index is 12.7.